The van der Waals surface area contributed by atoms with Crippen molar-refractivity contribution in [1.82, 2.24) is 0 Å². The van der Waals surface area contributed by atoms with Gasteiger partial charge in [-0.15, -0.1) is 6.58 Å². The van der Waals surface area contributed by atoms with E-state index in [0.29, 0.717) is 6.61 Å². The fourth-order valence-corrected chi connectivity index (χ4v) is 1.63. The van der Waals surface area contributed by atoms with Gasteiger partial charge in [-0.25, -0.2) is 0 Å². The third-order valence-corrected chi connectivity index (χ3v) is 2.68. The number of rotatable bonds is 6. The SMILES string of the molecule is C=CCCCO[C@@H]1O[C@H](CO)[C@@H](O)[C@H](O)[C@H]1O. The molecule has 0 saturated carbocycles. The minimum Gasteiger partial charge on any atom is -0.394 e. The maximum atomic E-state index is 9.62. The zero-order valence-corrected chi connectivity index (χ0v) is 9.60. The smallest absolute Gasteiger partial charge is 0.186 e. The molecule has 0 aromatic carbocycles. The van der Waals surface area contributed by atoms with Gasteiger partial charge >= 0.3 is 0 Å². The van der Waals surface area contributed by atoms with E-state index in [1.54, 1.807) is 6.08 Å². The molecular formula is C11H20O6. The molecule has 1 aliphatic heterocycles. The van der Waals surface area contributed by atoms with Gasteiger partial charge in [0.25, 0.3) is 0 Å². The van der Waals surface area contributed by atoms with Crippen LogP contribution in [0.15, 0.2) is 12.7 Å². The third-order valence-electron chi connectivity index (χ3n) is 2.68. The molecule has 0 aliphatic carbocycles. The summed E-state index contributed by atoms with van der Waals surface area (Å²) in [5.74, 6) is 0. The molecular weight excluding hydrogens is 228 g/mol. The van der Waals surface area contributed by atoms with Crippen molar-refractivity contribution in [1.29, 1.82) is 0 Å². The van der Waals surface area contributed by atoms with Crippen molar-refractivity contribution in [2.24, 2.45) is 0 Å². The number of aliphatic hydroxyl groups is 4. The Hall–Kier alpha value is -0.500. The van der Waals surface area contributed by atoms with Crippen molar-refractivity contribution in [2.75, 3.05) is 13.2 Å². The normalized spacial score (nSPS) is 38.0. The highest BCUT2D eigenvalue weighted by Gasteiger charge is 2.43. The summed E-state index contributed by atoms with van der Waals surface area (Å²) >= 11 is 0. The highest BCUT2D eigenvalue weighted by molar-refractivity contribution is 4.88. The number of hydrogen-bond acceptors (Lipinski definition) is 6. The van der Waals surface area contributed by atoms with Gasteiger partial charge in [-0.2, -0.15) is 0 Å². The average molecular weight is 248 g/mol. The van der Waals surface area contributed by atoms with E-state index in [4.69, 9.17) is 14.6 Å². The summed E-state index contributed by atoms with van der Waals surface area (Å²) in [6.45, 7) is 3.46. The van der Waals surface area contributed by atoms with Crippen molar-refractivity contribution in [3.63, 3.8) is 0 Å². The Labute approximate surface area is 100 Å². The Morgan fingerprint density at radius 3 is 2.47 bits per heavy atom. The molecule has 0 unspecified atom stereocenters. The van der Waals surface area contributed by atoms with E-state index >= 15 is 0 Å². The number of aliphatic hydroxyl groups excluding tert-OH is 4. The fourth-order valence-electron chi connectivity index (χ4n) is 1.63. The van der Waals surface area contributed by atoms with Crippen LogP contribution in [0.4, 0.5) is 0 Å². The van der Waals surface area contributed by atoms with E-state index in [0.717, 1.165) is 12.8 Å². The molecule has 6 heteroatoms. The highest BCUT2D eigenvalue weighted by Crippen LogP contribution is 2.21. The van der Waals surface area contributed by atoms with E-state index in [1.807, 2.05) is 0 Å². The van der Waals surface area contributed by atoms with Crippen LogP contribution in [0.25, 0.3) is 0 Å². The van der Waals surface area contributed by atoms with E-state index in [-0.39, 0.29) is 0 Å². The van der Waals surface area contributed by atoms with Crippen molar-refractivity contribution in [2.45, 2.75) is 43.5 Å². The fraction of sp³-hybridized carbons (Fsp3) is 0.818. The predicted octanol–water partition coefficient (Wildman–Crippen LogP) is -1.23. The first-order valence-electron chi connectivity index (χ1n) is 5.64. The zero-order valence-electron chi connectivity index (χ0n) is 9.60. The Balaban J connectivity index is 2.44. The first kappa shape index (κ1) is 14.6. The molecule has 0 spiro atoms. The predicted molar refractivity (Wildman–Crippen MR) is 59.2 cm³/mol. The van der Waals surface area contributed by atoms with Crippen molar-refractivity contribution in [3.8, 4) is 0 Å². The van der Waals surface area contributed by atoms with Gasteiger partial charge in [0.05, 0.1) is 13.2 Å². The van der Waals surface area contributed by atoms with Crippen molar-refractivity contribution in [3.05, 3.63) is 12.7 Å². The van der Waals surface area contributed by atoms with E-state index in [1.165, 1.54) is 0 Å². The molecule has 100 valence electrons. The lowest BCUT2D eigenvalue weighted by Crippen LogP contribution is -2.59. The lowest BCUT2D eigenvalue weighted by molar-refractivity contribution is -0.301. The molecule has 1 aliphatic rings. The summed E-state index contributed by atoms with van der Waals surface area (Å²) in [6, 6.07) is 0. The van der Waals surface area contributed by atoms with Crippen LogP contribution in [0.5, 0.6) is 0 Å². The largest absolute Gasteiger partial charge is 0.394 e. The quantitative estimate of drug-likeness (QED) is 0.347. The Kier molecular flexibility index (Phi) is 6.04. The zero-order chi connectivity index (χ0) is 12.8. The van der Waals surface area contributed by atoms with Gasteiger partial charge in [-0.3, -0.25) is 0 Å². The standard InChI is InChI=1S/C11H20O6/c1-2-3-4-5-16-11-10(15)9(14)8(13)7(6-12)17-11/h2,7-15H,1,3-6H2/t7-,8-,9+,10-,11-/m1/s1. The second-order valence-electron chi connectivity index (χ2n) is 4.00. The van der Waals surface area contributed by atoms with Crippen LogP contribution in [0, 0.1) is 0 Å². The summed E-state index contributed by atoms with van der Waals surface area (Å²) in [4.78, 5) is 0. The van der Waals surface area contributed by atoms with E-state index in [2.05, 4.69) is 6.58 Å². The van der Waals surface area contributed by atoms with Gasteiger partial charge in [-0.05, 0) is 12.8 Å². The van der Waals surface area contributed by atoms with E-state index < -0.39 is 37.3 Å². The number of hydrogen-bond donors (Lipinski definition) is 4. The highest BCUT2D eigenvalue weighted by atomic mass is 16.7. The Morgan fingerprint density at radius 1 is 1.18 bits per heavy atom. The number of ether oxygens (including phenoxy) is 2. The molecule has 0 aromatic heterocycles. The third kappa shape index (κ3) is 3.74. The molecule has 0 aromatic rings. The van der Waals surface area contributed by atoms with Crippen LogP contribution in [0.1, 0.15) is 12.8 Å². The van der Waals surface area contributed by atoms with Gasteiger partial charge < -0.3 is 29.9 Å². The molecule has 1 fully saturated rings. The molecule has 0 amide bonds. The van der Waals surface area contributed by atoms with Crippen LogP contribution in [0.3, 0.4) is 0 Å². The Morgan fingerprint density at radius 2 is 1.88 bits per heavy atom. The summed E-state index contributed by atoms with van der Waals surface area (Å²) in [5.41, 5.74) is 0. The molecule has 4 N–H and O–H groups in total. The topological polar surface area (TPSA) is 99.4 Å². The Bertz CT molecular complexity index is 232. The maximum Gasteiger partial charge on any atom is 0.186 e. The average Bonchev–Trinajstić information content (AvgIpc) is 2.34. The monoisotopic (exact) mass is 248 g/mol. The molecule has 6 nitrogen and oxygen atoms in total. The maximum absolute atomic E-state index is 9.62. The van der Waals surface area contributed by atoms with Crippen LogP contribution in [0.2, 0.25) is 0 Å². The molecule has 1 heterocycles. The minimum atomic E-state index is -1.38. The van der Waals surface area contributed by atoms with Gasteiger partial charge in [0.2, 0.25) is 0 Å². The van der Waals surface area contributed by atoms with Gasteiger partial charge in [0, 0.05) is 0 Å². The first-order chi connectivity index (χ1) is 8.11. The molecule has 0 radical (unpaired) electrons. The van der Waals surface area contributed by atoms with E-state index in [9.17, 15) is 15.3 Å². The van der Waals surface area contributed by atoms with Crippen molar-refractivity contribution < 1.29 is 29.9 Å². The van der Waals surface area contributed by atoms with Gasteiger partial charge in [0.1, 0.15) is 24.4 Å². The summed E-state index contributed by atoms with van der Waals surface area (Å²) in [5, 5.41) is 37.6. The van der Waals surface area contributed by atoms with Crippen LogP contribution >= 0.6 is 0 Å². The second-order valence-corrected chi connectivity index (χ2v) is 4.00. The second kappa shape index (κ2) is 7.05. The summed E-state index contributed by atoms with van der Waals surface area (Å²) in [6.07, 6.45) is -2.76. The minimum absolute atomic E-state index is 0.342. The number of allylic oxidation sites excluding steroid dienone is 1. The lowest BCUT2D eigenvalue weighted by Gasteiger charge is -2.39. The van der Waals surface area contributed by atoms with Crippen LogP contribution < -0.4 is 0 Å². The molecule has 1 saturated heterocycles. The van der Waals surface area contributed by atoms with Crippen molar-refractivity contribution >= 4 is 0 Å². The van der Waals surface area contributed by atoms with Crippen LogP contribution in [-0.2, 0) is 9.47 Å². The van der Waals surface area contributed by atoms with Crippen LogP contribution in [-0.4, -0.2) is 64.3 Å². The molecule has 0 bridgehead atoms. The summed E-state index contributed by atoms with van der Waals surface area (Å²) in [7, 11) is 0. The molecule has 17 heavy (non-hydrogen) atoms. The lowest BCUT2D eigenvalue weighted by atomic mass is 9.99. The number of unbranched alkanes of at least 4 members (excludes halogenated alkanes) is 1. The van der Waals surface area contributed by atoms with Gasteiger partial charge in [0.15, 0.2) is 6.29 Å². The van der Waals surface area contributed by atoms with Gasteiger partial charge in [-0.1, -0.05) is 6.08 Å². The summed E-state index contributed by atoms with van der Waals surface area (Å²) < 4.78 is 10.4. The molecule has 1 rings (SSSR count). The molecule has 5 atom stereocenters. The first-order valence-corrected chi connectivity index (χ1v) is 5.64.